The number of nitrogens with one attached hydrogen (secondary N) is 1. The van der Waals surface area contributed by atoms with Gasteiger partial charge in [-0.15, -0.1) is 0 Å². The van der Waals surface area contributed by atoms with Crippen LogP contribution in [0.2, 0.25) is 0 Å². The molecule has 0 radical (unpaired) electrons. The maximum absolute atomic E-state index is 13.5. The molecule has 6 atom stereocenters. The van der Waals surface area contributed by atoms with Crippen molar-refractivity contribution in [3.05, 3.63) is 0 Å². The molecule has 0 aromatic rings. The van der Waals surface area contributed by atoms with Gasteiger partial charge in [0, 0.05) is 44.2 Å². The molecule has 0 saturated carbocycles. The van der Waals surface area contributed by atoms with E-state index in [1.807, 2.05) is 0 Å². The van der Waals surface area contributed by atoms with E-state index in [9.17, 15) is 19.5 Å². The second kappa shape index (κ2) is 9.92. The number of aliphatic hydroxyl groups excluding tert-OH is 1. The standard InChI is InChI=1S/C21H32BrN3O7/c1-2-31-20(29)14-15-19(28)25(5-3-9-26)17(21(15)12-13(22)16(14)32-21)18(27)23-4-6-24-7-10-30-11-8-24/h13-17,26H,2-12H2,1H3,(H,23,27)/t13?,14-,15+,16-,17?,21?/m1/s1. The molecular weight excluding hydrogens is 486 g/mol. The quantitative estimate of drug-likeness (QED) is 0.299. The topological polar surface area (TPSA) is 118 Å². The molecule has 4 saturated heterocycles. The third-order valence-electron chi connectivity index (χ3n) is 6.98. The Balaban J connectivity index is 1.54. The Kier molecular flexibility index (Phi) is 7.40. The van der Waals surface area contributed by atoms with Crippen LogP contribution in [0.5, 0.6) is 0 Å². The van der Waals surface area contributed by atoms with Gasteiger partial charge >= 0.3 is 5.97 Å². The van der Waals surface area contributed by atoms with E-state index in [1.165, 1.54) is 4.90 Å². The molecule has 4 heterocycles. The van der Waals surface area contributed by atoms with Crippen molar-refractivity contribution >= 4 is 33.7 Å². The minimum atomic E-state index is -1.08. The van der Waals surface area contributed by atoms with Crippen LogP contribution in [-0.2, 0) is 28.6 Å². The zero-order valence-corrected chi connectivity index (χ0v) is 19.9. The number of ether oxygens (including phenoxy) is 3. The summed E-state index contributed by atoms with van der Waals surface area (Å²) < 4.78 is 16.9. The van der Waals surface area contributed by atoms with Gasteiger partial charge in [-0.2, -0.15) is 0 Å². The predicted octanol–water partition coefficient (Wildman–Crippen LogP) is -0.872. The van der Waals surface area contributed by atoms with Gasteiger partial charge in [0.1, 0.15) is 11.6 Å². The van der Waals surface area contributed by atoms with Crippen LogP contribution in [-0.4, -0.2) is 114 Å². The van der Waals surface area contributed by atoms with E-state index >= 15 is 0 Å². The van der Waals surface area contributed by atoms with Gasteiger partial charge in [0.25, 0.3) is 0 Å². The van der Waals surface area contributed by atoms with E-state index in [4.69, 9.17) is 14.2 Å². The summed E-state index contributed by atoms with van der Waals surface area (Å²) >= 11 is 3.61. The molecule has 2 bridgehead atoms. The molecule has 3 unspecified atom stereocenters. The molecule has 1 spiro atoms. The summed E-state index contributed by atoms with van der Waals surface area (Å²) in [5.74, 6) is -2.52. The lowest BCUT2D eigenvalue weighted by Crippen LogP contribution is -2.56. The number of hydrogen-bond acceptors (Lipinski definition) is 8. The van der Waals surface area contributed by atoms with Crippen molar-refractivity contribution < 1.29 is 33.7 Å². The van der Waals surface area contributed by atoms with Gasteiger partial charge in [-0.05, 0) is 19.8 Å². The van der Waals surface area contributed by atoms with Crippen molar-refractivity contribution in [2.75, 3.05) is 59.2 Å². The molecule has 0 aromatic carbocycles. The van der Waals surface area contributed by atoms with Crippen LogP contribution in [0, 0.1) is 11.8 Å². The Hall–Kier alpha value is -1.27. The highest BCUT2D eigenvalue weighted by atomic mass is 79.9. The molecule has 4 rings (SSSR count). The summed E-state index contributed by atoms with van der Waals surface area (Å²) in [6.45, 7) is 6.21. The SMILES string of the molecule is CCOC(=O)[C@H]1[C@@H]2OC3(CC2Br)C(C(=O)NCCN2CCOCC2)N(CCCO)C(=O)[C@H]13. The average molecular weight is 518 g/mol. The lowest BCUT2D eigenvalue weighted by molar-refractivity contribution is -0.154. The number of halogens is 1. The largest absolute Gasteiger partial charge is 0.466 e. The molecule has 10 nitrogen and oxygen atoms in total. The summed E-state index contributed by atoms with van der Waals surface area (Å²) in [4.78, 5) is 43.2. The zero-order valence-electron chi connectivity index (χ0n) is 18.3. The van der Waals surface area contributed by atoms with Crippen LogP contribution in [0.15, 0.2) is 0 Å². The Morgan fingerprint density at radius 2 is 2.06 bits per heavy atom. The lowest BCUT2D eigenvalue weighted by atomic mass is 9.70. The first kappa shape index (κ1) is 23.9. The van der Waals surface area contributed by atoms with E-state index in [0.29, 0.717) is 39.1 Å². The maximum Gasteiger partial charge on any atom is 0.312 e. The normalized spacial score (nSPS) is 36.4. The van der Waals surface area contributed by atoms with E-state index in [0.717, 1.165) is 13.1 Å². The lowest BCUT2D eigenvalue weighted by Gasteiger charge is -2.34. The number of aliphatic hydroxyl groups is 1. The highest BCUT2D eigenvalue weighted by Gasteiger charge is 2.76. The third-order valence-corrected chi connectivity index (χ3v) is 7.83. The number of rotatable bonds is 9. The smallest absolute Gasteiger partial charge is 0.312 e. The fourth-order valence-electron chi connectivity index (χ4n) is 5.68. The van der Waals surface area contributed by atoms with Crippen molar-refractivity contribution in [1.82, 2.24) is 15.1 Å². The van der Waals surface area contributed by atoms with Crippen LogP contribution in [0.3, 0.4) is 0 Å². The number of carbonyl (C=O) groups excluding carboxylic acids is 3. The number of nitrogens with zero attached hydrogens (tertiary/aromatic N) is 2. The Morgan fingerprint density at radius 1 is 1.31 bits per heavy atom. The summed E-state index contributed by atoms with van der Waals surface area (Å²) in [5, 5.41) is 12.3. The third kappa shape index (κ3) is 4.06. The number of morpholine rings is 1. The number of alkyl halides is 1. The van der Waals surface area contributed by atoms with Crippen molar-refractivity contribution in [3.8, 4) is 0 Å². The number of esters is 1. The van der Waals surface area contributed by atoms with Gasteiger partial charge in [0.15, 0.2) is 0 Å². The minimum Gasteiger partial charge on any atom is -0.466 e. The molecule has 11 heteroatoms. The fourth-order valence-corrected chi connectivity index (χ4v) is 6.62. The second-order valence-electron chi connectivity index (χ2n) is 8.77. The fraction of sp³-hybridized carbons (Fsp3) is 0.857. The van der Waals surface area contributed by atoms with Crippen molar-refractivity contribution in [2.24, 2.45) is 11.8 Å². The van der Waals surface area contributed by atoms with Gasteiger partial charge in [-0.3, -0.25) is 19.3 Å². The number of hydrogen-bond donors (Lipinski definition) is 2. The van der Waals surface area contributed by atoms with E-state index in [-0.39, 0.29) is 36.4 Å². The van der Waals surface area contributed by atoms with Gasteiger partial charge in [0.2, 0.25) is 11.8 Å². The molecule has 0 aromatic heterocycles. The first-order valence-corrected chi connectivity index (χ1v) is 12.3. The highest BCUT2D eigenvalue weighted by molar-refractivity contribution is 9.09. The van der Waals surface area contributed by atoms with Gasteiger partial charge < -0.3 is 29.5 Å². The highest BCUT2D eigenvalue weighted by Crippen LogP contribution is 2.60. The summed E-state index contributed by atoms with van der Waals surface area (Å²) in [6, 6.07) is -0.847. The minimum absolute atomic E-state index is 0.0985. The molecule has 180 valence electrons. The van der Waals surface area contributed by atoms with Crippen LogP contribution < -0.4 is 5.32 Å². The molecular formula is C21H32BrN3O7. The average Bonchev–Trinajstić information content (AvgIpc) is 3.36. The van der Waals surface area contributed by atoms with Crippen molar-refractivity contribution in [2.45, 2.75) is 42.3 Å². The van der Waals surface area contributed by atoms with E-state index in [1.54, 1.807) is 6.92 Å². The zero-order chi connectivity index (χ0) is 22.9. The van der Waals surface area contributed by atoms with Crippen molar-refractivity contribution in [1.29, 1.82) is 0 Å². The molecule has 4 fully saturated rings. The first-order chi connectivity index (χ1) is 15.4. The molecule has 4 aliphatic rings. The summed E-state index contributed by atoms with van der Waals surface area (Å²) in [5.41, 5.74) is -1.08. The molecule has 2 amide bonds. The second-order valence-corrected chi connectivity index (χ2v) is 9.95. The number of amides is 2. The van der Waals surface area contributed by atoms with Crippen LogP contribution >= 0.6 is 15.9 Å². The Labute approximate surface area is 196 Å². The molecule has 4 aliphatic heterocycles. The van der Waals surface area contributed by atoms with Crippen LogP contribution in [0.25, 0.3) is 0 Å². The maximum atomic E-state index is 13.5. The van der Waals surface area contributed by atoms with Gasteiger partial charge in [-0.25, -0.2) is 0 Å². The Bertz CT molecular complexity index is 734. The van der Waals surface area contributed by atoms with Crippen molar-refractivity contribution in [3.63, 3.8) is 0 Å². The van der Waals surface area contributed by atoms with E-state index < -0.39 is 35.6 Å². The number of carbonyl (C=O) groups is 3. The molecule has 2 N–H and O–H groups in total. The summed E-state index contributed by atoms with van der Waals surface area (Å²) in [7, 11) is 0. The molecule has 32 heavy (non-hydrogen) atoms. The van der Waals surface area contributed by atoms with E-state index in [2.05, 4.69) is 26.1 Å². The number of likely N-dealkylation sites (tertiary alicyclic amines) is 1. The molecule has 0 aliphatic carbocycles. The van der Waals surface area contributed by atoms with Crippen LogP contribution in [0.1, 0.15) is 19.8 Å². The Morgan fingerprint density at radius 3 is 2.75 bits per heavy atom. The van der Waals surface area contributed by atoms with Crippen LogP contribution in [0.4, 0.5) is 0 Å². The first-order valence-electron chi connectivity index (χ1n) is 11.4. The predicted molar refractivity (Wildman–Crippen MR) is 116 cm³/mol. The van der Waals surface area contributed by atoms with Gasteiger partial charge in [-0.1, -0.05) is 15.9 Å². The van der Waals surface area contributed by atoms with Gasteiger partial charge in [0.05, 0.1) is 37.8 Å². The summed E-state index contributed by atoms with van der Waals surface area (Å²) in [6.07, 6.45) is 0.296. The monoisotopic (exact) mass is 517 g/mol. The number of fused-ring (bicyclic) bond motifs is 1.